The number of H-pyrrole nitrogens is 1. The van der Waals surface area contributed by atoms with Crippen molar-refractivity contribution in [2.75, 3.05) is 12.4 Å². The fourth-order valence-electron chi connectivity index (χ4n) is 2.01. The highest BCUT2D eigenvalue weighted by molar-refractivity contribution is 7.99. The van der Waals surface area contributed by atoms with Crippen molar-refractivity contribution in [3.63, 3.8) is 0 Å². The van der Waals surface area contributed by atoms with Gasteiger partial charge in [-0.05, 0) is 19.1 Å². The molecule has 0 aliphatic heterocycles. The van der Waals surface area contributed by atoms with Crippen molar-refractivity contribution in [1.82, 2.24) is 9.97 Å². The Morgan fingerprint density at radius 3 is 2.96 bits per heavy atom. The number of ether oxygens (including phenoxy) is 1. The lowest BCUT2D eigenvalue weighted by atomic mass is 10.2. The highest BCUT2D eigenvalue weighted by Gasteiger charge is 2.15. The largest absolute Gasteiger partial charge is 0.461 e. The molecule has 2 aromatic heterocycles. The molecule has 118 valence electrons. The second-order valence-corrected chi connectivity index (χ2v) is 5.65. The molecule has 0 aliphatic rings. The van der Waals surface area contributed by atoms with Crippen LogP contribution in [0.2, 0.25) is 0 Å². The van der Waals surface area contributed by atoms with E-state index in [1.807, 2.05) is 24.3 Å². The maximum Gasteiger partial charge on any atom is 0.356 e. The van der Waals surface area contributed by atoms with E-state index in [4.69, 9.17) is 9.15 Å². The minimum Gasteiger partial charge on any atom is -0.461 e. The minimum absolute atomic E-state index is 0.139. The molecule has 1 N–H and O–H groups in total. The van der Waals surface area contributed by atoms with E-state index in [-0.39, 0.29) is 17.2 Å². The molecule has 0 spiro atoms. The number of nitrogens with zero attached hydrogens (tertiary/aromatic N) is 1. The van der Waals surface area contributed by atoms with E-state index in [0.717, 1.165) is 5.39 Å². The molecule has 0 atom stereocenters. The molecule has 0 fully saturated rings. The van der Waals surface area contributed by atoms with E-state index in [0.29, 0.717) is 23.1 Å². The maximum absolute atomic E-state index is 12.2. The molecule has 7 heteroatoms. The van der Waals surface area contributed by atoms with Crippen molar-refractivity contribution in [3.8, 4) is 0 Å². The summed E-state index contributed by atoms with van der Waals surface area (Å²) >= 11 is 1.21. The Morgan fingerprint density at radius 1 is 1.35 bits per heavy atom. The number of carbonyl (C=O) groups excluding carboxylic acids is 2. The zero-order valence-electron chi connectivity index (χ0n) is 12.4. The van der Waals surface area contributed by atoms with Crippen LogP contribution in [0.1, 0.15) is 28.0 Å². The van der Waals surface area contributed by atoms with Gasteiger partial charge in [-0.15, -0.1) is 0 Å². The standard InChI is InChI=1S/C16H14N2O4S/c1-2-21-15(20)11-8-17-16(18-11)23-9-12(19)14-7-10-5-3-4-6-13(10)22-14/h3-8H,2,9H2,1H3,(H,17,18). The normalized spacial score (nSPS) is 10.8. The first-order chi connectivity index (χ1) is 11.2. The molecule has 3 aromatic rings. The van der Waals surface area contributed by atoms with Crippen molar-refractivity contribution in [2.45, 2.75) is 12.1 Å². The van der Waals surface area contributed by atoms with Crippen LogP contribution in [-0.2, 0) is 4.74 Å². The fourth-order valence-corrected chi connectivity index (χ4v) is 2.73. The van der Waals surface area contributed by atoms with Crippen LogP contribution in [-0.4, -0.2) is 34.1 Å². The number of aromatic amines is 1. The molecule has 0 aliphatic carbocycles. The number of furan rings is 1. The Labute approximate surface area is 136 Å². The van der Waals surface area contributed by atoms with E-state index < -0.39 is 5.97 Å². The Bertz CT molecular complexity index is 820. The Kier molecular flexibility index (Phi) is 4.47. The molecule has 2 heterocycles. The number of benzene rings is 1. The Balaban J connectivity index is 1.63. The summed E-state index contributed by atoms with van der Waals surface area (Å²) in [6, 6.07) is 9.18. The second-order valence-electron chi connectivity index (χ2n) is 4.68. The zero-order valence-corrected chi connectivity index (χ0v) is 13.2. The smallest absolute Gasteiger partial charge is 0.356 e. The van der Waals surface area contributed by atoms with Gasteiger partial charge in [0.1, 0.15) is 11.3 Å². The maximum atomic E-state index is 12.2. The molecule has 0 radical (unpaired) electrons. The summed E-state index contributed by atoms with van der Waals surface area (Å²) in [5.74, 6) is -0.123. The van der Waals surface area contributed by atoms with Crippen LogP contribution < -0.4 is 0 Å². The molecule has 0 bridgehead atoms. The van der Waals surface area contributed by atoms with Crippen molar-refractivity contribution < 1.29 is 18.7 Å². The summed E-state index contributed by atoms with van der Waals surface area (Å²) in [5.41, 5.74) is 0.953. The monoisotopic (exact) mass is 330 g/mol. The third-order valence-electron chi connectivity index (χ3n) is 3.09. The summed E-state index contributed by atoms with van der Waals surface area (Å²) in [6.45, 7) is 2.03. The van der Waals surface area contributed by atoms with Gasteiger partial charge in [0.15, 0.2) is 10.9 Å². The second kappa shape index (κ2) is 6.70. The summed E-state index contributed by atoms with van der Waals surface area (Å²) in [4.78, 5) is 30.6. The van der Waals surface area contributed by atoms with Gasteiger partial charge in [-0.3, -0.25) is 4.79 Å². The van der Waals surface area contributed by atoms with Crippen molar-refractivity contribution in [2.24, 2.45) is 0 Å². The van der Waals surface area contributed by atoms with Gasteiger partial charge in [-0.1, -0.05) is 30.0 Å². The van der Waals surface area contributed by atoms with Gasteiger partial charge >= 0.3 is 5.97 Å². The van der Waals surface area contributed by atoms with Gasteiger partial charge in [0.25, 0.3) is 0 Å². The number of thioether (sulfide) groups is 1. The molecule has 6 nitrogen and oxygen atoms in total. The van der Waals surface area contributed by atoms with Crippen molar-refractivity contribution in [1.29, 1.82) is 0 Å². The number of imidazole rings is 1. The topological polar surface area (TPSA) is 85.2 Å². The quantitative estimate of drug-likeness (QED) is 0.424. The van der Waals surface area contributed by atoms with Crippen LogP contribution in [0.3, 0.4) is 0 Å². The average molecular weight is 330 g/mol. The van der Waals surface area contributed by atoms with Gasteiger partial charge in [-0.2, -0.15) is 0 Å². The van der Waals surface area contributed by atoms with Crippen molar-refractivity contribution >= 4 is 34.5 Å². The SMILES string of the molecule is CCOC(=O)c1cnc(SCC(=O)c2cc3ccccc3o2)[nH]1. The van der Waals surface area contributed by atoms with Crippen LogP contribution in [0.25, 0.3) is 11.0 Å². The van der Waals surface area contributed by atoms with Gasteiger partial charge in [-0.25, -0.2) is 9.78 Å². The number of ketones is 1. The molecule has 1 aromatic carbocycles. The molecule has 0 unspecified atom stereocenters. The lowest BCUT2D eigenvalue weighted by Gasteiger charge is -1.97. The van der Waals surface area contributed by atoms with Gasteiger partial charge in [0, 0.05) is 5.39 Å². The summed E-state index contributed by atoms with van der Waals surface area (Å²) in [7, 11) is 0. The molecular formula is C16H14N2O4S. The van der Waals surface area contributed by atoms with Crippen LogP contribution in [0, 0.1) is 0 Å². The van der Waals surface area contributed by atoms with E-state index >= 15 is 0 Å². The Hall–Kier alpha value is -2.54. The zero-order chi connectivity index (χ0) is 16.2. The lowest BCUT2D eigenvalue weighted by molar-refractivity contribution is 0.0519. The Morgan fingerprint density at radius 2 is 2.17 bits per heavy atom. The predicted octanol–water partition coefficient (Wildman–Crippen LogP) is 3.31. The van der Waals surface area contributed by atoms with Gasteiger partial charge in [0.2, 0.25) is 5.78 Å². The van der Waals surface area contributed by atoms with E-state index in [1.54, 1.807) is 13.0 Å². The fraction of sp³-hybridized carbons (Fsp3) is 0.188. The number of hydrogen-bond donors (Lipinski definition) is 1. The first kappa shape index (κ1) is 15.4. The lowest BCUT2D eigenvalue weighted by Crippen LogP contribution is -2.05. The molecule has 0 saturated heterocycles. The van der Waals surface area contributed by atoms with Crippen LogP contribution in [0.15, 0.2) is 46.1 Å². The molecule has 3 rings (SSSR count). The van der Waals surface area contributed by atoms with E-state index in [2.05, 4.69) is 9.97 Å². The number of nitrogens with one attached hydrogen (secondary N) is 1. The minimum atomic E-state index is -0.463. The van der Waals surface area contributed by atoms with E-state index in [9.17, 15) is 9.59 Å². The number of aromatic nitrogens is 2. The molecule has 0 saturated carbocycles. The number of para-hydroxylation sites is 1. The molecule has 23 heavy (non-hydrogen) atoms. The average Bonchev–Trinajstić information content (AvgIpc) is 3.19. The number of carbonyl (C=O) groups is 2. The summed E-state index contributed by atoms with van der Waals surface area (Å²) in [6.07, 6.45) is 1.39. The highest BCUT2D eigenvalue weighted by atomic mass is 32.2. The first-order valence-electron chi connectivity index (χ1n) is 7.04. The van der Waals surface area contributed by atoms with E-state index in [1.165, 1.54) is 18.0 Å². The number of esters is 1. The number of Topliss-reactive ketones (excluding diaryl/α,β-unsaturated/α-hetero) is 1. The summed E-state index contributed by atoms with van der Waals surface area (Å²) < 4.78 is 10.4. The number of fused-ring (bicyclic) bond motifs is 1. The molecular weight excluding hydrogens is 316 g/mol. The van der Waals surface area contributed by atoms with Crippen LogP contribution in [0.4, 0.5) is 0 Å². The highest BCUT2D eigenvalue weighted by Crippen LogP contribution is 2.22. The predicted molar refractivity (Wildman–Crippen MR) is 85.8 cm³/mol. The third kappa shape index (κ3) is 3.45. The van der Waals surface area contributed by atoms with Gasteiger partial charge < -0.3 is 14.1 Å². The van der Waals surface area contributed by atoms with Crippen molar-refractivity contribution in [3.05, 3.63) is 48.0 Å². The first-order valence-corrected chi connectivity index (χ1v) is 8.02. The molecule has 0 amide bonds. The number of rotatable bonds is 6. The van der Waals surface area contributed by atoms with Gasteiger partial charge in [0.05, 0.1) is 18.6 Å². The van der Waals surface area contributed by atoms with Crippen LogP contribution >= 0.6 is 11.8 Å². The third-order valence-corrected chi connectivity index (χ3v) is 3.98. The van der Waals surface area contributed by atoms with Crippen LogP contribution in [0.5, 0.6) is 0 Å². The number of hydrogen-bond acceptors (Lipinski definition) is 6. The summed E-state index contributed by atoms with van der Waals surface area (Å²) in [5, 5.41) is 1.38.